The molecule has 0 radical (unpaired) electrons. The van der Waals surface area contributed by atoms with Crippen LogP contribution in [0.15, 0.2) is 18.2 Å². The molecular weight excluding hydrogens is 246 g/mol. The summed E-state index contributed by atoms with van der Waals surface area (Å²) in [7, 11) is 1.75. The molecule has 112 valence electrons. The van der Waals surface area contributed by atoms with Crippen molar-refractivity contribution in [2.75, 3.05) is 13.7 Å². The fourth-order valence-electron chi connectivity index (χ4n) is 3.13. The molecule has 0 fully saturated rings. The van der Waals surface area contributed by atoms with Crippen molar-refractivity contribution < 1.29 is 4.74 Å². The summed E-state index contributed by atoms with van der Waals surface area (Å²) in [6.07, 6.45) is 10.6. The normalized spacial score (nSPS) is 17.8. The number of unbranched alkanes of at least 4 members (excludes halogenated alkanes) is 5. The van der Waals surface area contributed by atoms with Crippen LogP contribution in [0.2, 0.25) is 0 Å². The highest BCUT2D eigenvalue weighted by atomic mass is 16.5. The van der Waals surface area contributed by atoms with Gasteiger partial charge in [0.1, 0.15) is 5.75 Å². The summed E-state index contributed by atoms with van der Waals surface area (Å²) in [4.78, 5) is 0. The van der Waals surface area contributed by atoms with Crippen LogP contribution < -0.4 is 10.1 Å². The molecule has 20 heavy (non-hydrogen) atoms. The average molecular weight is 275 g/mol. The smallest absolute Gasteiger partial charge is 0.119 e. The average Bonchev–Trinajstić information content (AvgIpc) is 2.50. The number of hydrogen-bond donors (Lipinski definition) is 1. The molecule has 1 heterocycles. The predicted molar refractivity (Wildman–Crippen MR) is 85.4 cm³/mol. The van der Waals surface area contributed by atoms with Crippen LogP contribution in [0, 0.1) is 0 Å². The summed E-state index contributed by atoms with van der Waals surface area (Å²) < 4.78 is 5.37. The quantitative estimate of drug-likeness (QED) is 0.698. The fourth-order valence-corrected chi connectivity index (χ4v) is 3.13. The maximum atomic E-state index is 5.37. The zero-order valence-electron chi connectivity index (χ0n) is 13.1. The molecule has 0 bridgehead atoms. The van der Waals surface area contributed by atoms with Crippen LogP contribution in [0.4, 0.5) is 0 Å². The Morgan fingerprint density at radius 3 is 2.75 bits per heavy atom. The Morgan fingerprint density at radius 2 is 1.95 bits per heavy atom. The van der Waals surface area contributed by atoms with Crippen LogP contribution in [0.5, 0.6) is 5.75 Å². The van der Waals surface area contributed by atoms with E-state index in [9.17, 15) is 0 Å². The second-order valence-corrected chi connectivity index (χ2v) is 5.88. The SMILES string of the molecule is CCCCCCCCC1NCCc2ccc(OC)cc21. The summed E-state index contributed by atoms with van der Waals surface area (Å²) in [5.41, 5.74) is 2.96. The van der Waals surface area contributed by atoms with E-state index in [1.807, 2.05) is 0 Å². The van der Waals surface area contributed by atoms with Gasteiger partial charge in [0, 0.05) is 6.04 Å². The van der Waals surface area contributed by atoms with Gasteiger partial charge in [-0.2, -0.15) is 0 Å². The Labute approximate surface area is 123 Å². The number of fused-ring (bicyclic) bond motifs is 1. The van der Waals surface area contributed by atoms with Crippen LogP contribution in [0.25, 0.3) is 0 Å². The van der Waals surface area contributed by atoms with Gasteiger partial charge < -0.3 is 10.1 Å². The molecule has 0 saturated heterocycles. The van der Waals surface area contributed by atoms with Crippen molar-refractivity contribution in [2.24, 2.45) is 0 Å². The van der Waals surface area contributed by atoms with E-state index in [0.717, 1.165) is 18.7 Å². The molecule has 0 aliphatic carbocycles. The lowest BCUT2D eigenvalue weighted by Crippen LogP contribution is -2.29. The fraction of sp³-hybridized carbons (Fsp3) is 0.667. The Bertz CT molecular complexity index is 402. The first-order chi connectivity index (χ1) is 9.85. The van der Waals surface area contributed by atoms with Gasteiger partial charge in [-0.15, -0.1) is 0 Å². The maximum absolute atomic E-state index is 5.37. The van der Waals surface area contributed by atoms with Crippen LogP contribution >= 0.6 is 0 Å². The van der Waals surface area contributed by atoms with E-state index in [2.05, 4.69) is 30.4 Å². The molecule has 1 aliphatic rings. The number of rotatable bonds is 8. The number of benzene rings is 1. The van der Waals surface area contributed by atoms with Crippen molar-refractivity contribution >= 4 is 0 Å². The summed E-state index contributed by atoms with van der Waals surface area (Å²) in [6.45, 7) is 3.39. The topological polar surface area (TPSA) is 21.3 Å². The van der Waals surface area contributed by atoms with Crippen molar-refractivity contribution in [3.63, 3.8) is 0 Å². The van der Waals surface area contributed by atoms with E-state index in [-0.39, 0.29) is 0 Å². The molecule has 0 amide bonds. The van der Waals surface area contributed by atoms with Gasteiger partial charge in [-0.05, 0) is 42.6 Å². The molecule has 0 spiro atoms. The summed E-state index contributed by atoms with van der Waals surface area (Å²) in [5, 5.41) is 3.67. The second kappa shape index (κ2) is 8.31. The van der Waals surface area contributed by atoms with Crippen molar-refractivity contribution in [3.8, 4) is 5.75 Å². The van der Waals surface area contributed by atoms with Crippen molar-refractivity contribution in [2.45, 2.75) is 64.3 Å². The zero-order valence-corrected chi connectivity index (χ0v) is 13.1. The number of ether oxygens (including phenoxy) is 1. The molecule has 1 N–H and O–H groups in total. The van der Waals surface area contributed by atoms with E-state index in [4.69, 9.17) is 4.74 Å². The first-order valence-electron chi connectivity index (χ1n) is 8.25. The standard InChI is InChI=1S/C18H29NO/c1-3-4-5-6-7-8-9-18-17-14-16(20-2)11-10-15(17)12-13-19-18/h10-11,14,18-19H,3-9,12-13H2,1-2H3. The minimum Gasteiger partial charge on any atom is -0.497 e. The Hall–Kier alpha value is -1.02. The zero-order chi connectivity index (χ0) is 14.2. The molecule has 0 saturated carbocycles. The van der Waals surface area contributed by atoms with Gasteiger partial charge in [-0.1, -0.05) is 51.5 Å². The third-order valence-electron chi connectivity index (χ3n) is 4.36. The molecule has 1 unspecified atom stereocenters. The number of methoxy groups -OCH3 is 1. The van der Waals surface area contributed by atoms with Crippen molar-refractivity contribution in [3.05, 3.63) is 29.3 Å². The minimum absolute atomic E-state index is 0.528. The number of hydrogen-bond acceptors (Lipinski definition) is 2. The Morgan fingerprint density at radius 1 is 1.15 bits per heavy atom. The van der Waals surface area contributed by atoms with Crippen molar-refractivity contribution in [1.82, 2.24) is 5.32 Å². The molecule has 1 aromatic carbocycles. The maximum Gasteiger partial charge on any atom is 0.119 e. The first kappa shape index (κ1) is 15.4. The third kappa shape index (κ3) is 4.24. The molecule has 1 aromatic rings. The lowest BCUT2D eigenvalue weighted by molar-refractivity contribution is 0.408. The van der Waals surface area contributed by atoms with Crippen LogP contribution in [-0.2, 0) is 6.42 Å². The highest BCUT2D eigenvalue weighted by molar-refractivity contribution is 5.39. The lowest BCUT2D eigenvalue weighted by atomic mass is 9.90. The predicted octanol–water partition coefficient (Wildman–Crippen LogP) is 4.63. The lowest BCUT2D eigenvalue weighted by Gasteiger charge is -2.27. The van der Waals surface area contributed by atoms with Crippen LogP contribution in [0.3, 0.4) is 0 Å². The van der Waals surface area contributed by atoms with E-state index in [1.54, 1.807) is 7.11 Å². The highest BCUT2D eigenvalue weighted by Crippen LogP contribution is 2.30. The van der Waals surface area contributed by atoms with E-state index >= 15 is 0 Å². The molecule has 1 atom stereocenters. The Balaban J connectivity index is 1.84. The number of nitrogens with one attached hydrogen (secondary N) is 1. The second-order valence-electron chi connectivity index (χ2n) is 5.88. The van der Waals surface area contributed by atoms with Gasteiger partial charge in [0.25, 0.3) is 0 Å². The first-order valence-corrected chi connectivity index (χ1v) is 8.25. The molecule has 2 nitrogen and oxygen atoms in total. The molecule has 2 rings (SSSR count). The minimum atomic E-state index is 0.528. The van der Waals surface area contributed by atoms with Gasteiger partial charge >= 0.3 is 0 Å². The van der Waals surface area contributed by atoms with Crippen LogP contribution in [-0.4, -0.2) is 13.7 Å². The van der Waals surface area contributed by atoms with Gasteiger partial charge in [-0.3, -0.25) is 0 Å². The van der Waals surface area contributed by atoms with Gasteiger partial charge in [0.15, 0.2) is 0 Å². The van der Waals surface area contributed by atoms with E-state index in [1.165, 1.54) is 56.1 Å². The largest absolute Gasteiger partial charge is 0.497 e. The van der Waals surface area contributed by atoms with E-state index < -0.39 is 0 Å². The van der Waals surface area contributed by atoms with Gasteiger partial charge in [0.05, 0.1) is 7.11 Å². The highest BCUT2D eigenvalue weighted by Gasteiger charge is 2.19. The van der Waals surface area contributed by atoms with E-state index in [0.29, 0.717) is 6.04 Å². The monoisotopic (exact) mass is 275 g/mol. The Kier molecular flexibility index (Phi) is 6.38. The summed E-state index contributed by atoms with van der Waals surface area (Å²) in [6, 6.07) is 7.08. The molecule has 1 aliphatic heterocycles. The molecular formula is C18H29NO. The molecule has 2 heteroatoms. The van der Waals surface area contributed by atoms with Crippen molar-refractivity contribution in [1.29, 1.82) is 0 Å². The van der Waals surface area contributed by atoms with Gasteiger partial charge in [0.2, 0.25) is 0 Å². The summed E-state index contributed by atoms with van der Waals surface area (Å²) in [5.74, 6) is 0.986. The third-order valence-corrected chi connectivity index (χ3v) is 4.36. The summed E-state index contributed by atoms with van der Waals surface area (Å²) >= 11 is 0. The van der Waals surface area contributed by atoms with Crippen LogP contribution in [0.1, 0.15) is 69.0 Å². The molecule has 0 aromatic heterocycles. The van der Waals surface area contributed by atoms with Gasteiger partial charge in [-0.25, -0.2) is 0 Å².